The maximum Gasteiger partial charge on any atom is 0.258 e. The van der Waals surface area contributed by atoms with Crippen molar-refractivity contribution < 1.29 is 9.59 Å². The van der Waals surface area contributed by atoms with E-state index in [1.54, 1.807) is 11.3 Å². The Morgan fingerprint density at radius 3 is 2.71 bits per heavy atom. The van der Waals surface area contributed by atoms with Crippen LogP contribution < -0.4 is 10.6 Å². The van der Waals surface area contributed by atoms with Gasteiger partial charge in [0, 0.05) is 17.0 Å². The number of hydrogen-bond acceptors (Lipinski definition) is 3. The van der Waals surface area contributed by atoms with Gasteiger partial charge in [-0.25, -0.2) is 0 Å². The highest BCUT2D eigenvalue weighted by Crippen LogP contribution is 2.38. The summed E-state index contributed by atoms with van der Waals surface area (Å²) in [5.41, 5.74) is 3.64. The molecule has 1 heterocycles. The first kappa shape index (κ1) is 16.7. The average molecular weight is 342 g/mol. The Kier molecular flexibility index (Phi) is 5.00. The first-order valence-electron chi connectivity index (χ1n) is 8.41. The fourth-order valence-corrected chi connectivity index (χ4v) is 4.33. The lowest BCUT2D eigenvalue weighted by Gasteiger charge is -2.13. The summed E-state index contributed by atoms with van der Waals surface area (Å²) >= 11 is 1.55. The molecule has 1 aliphatic carbocycles. The number of hydrogen-bond donors (Lipinski definition) is 2. The molecule has 3 rings (SSSR count). The molecule has 0 atom stereocenters. The minimum Gasteiger partial charge on any atom is -0.322 e. The SMILES string of the molecule is CCC(=O)Nc1sc2c(c1C(=O)Nc1cccc(C)c1)CCCC2. The lowest BCUT2D eigenvalue weighted by Crippen LogP contribution is -2.18. The van der Waals surface area contributed by atoms with E-state index in [0.29, 0.717) is 17.0 Å². The minimum atomic E-state index is -0.133. The minimum absolute atomic E-state index is 0.0572. The zero-order chi connectivity index (χ0) is 17.1. The van der Waals surface area contributed by atoms with Gasteiger partial charge in [0.2, 0.25) is 5.91 Å². The fraction of sp³-hybridized carbons (Fsp3) is 0.368. The maximum absolute atomic E-state index is 12.9. The van der Waals surface area contributed by atoms with Crippen molar-refractivity contribution in [2.24, 2.45) is 0 Å². The van der Waals surface area contributed by atoms with Gasteiger partial charge in [-0.3, -0.25) is 9.59 Å². The summed E-state index contributed by atoms with van der Waals surface area (Å²) in [6.45, 7) is 3.81. The molecule has 0 saturated heterocycles. The molecule has 4 nitrogen and oxygen atoms in total. The predicted octanol–water partition coefficient (Wildman–Crippen LogP) is 4.54. The third kappa shape index (κ3) is 3.51. The molecule has 0 radical (unpaired) electrons. The van der Waals surface area contributed by atoms with E-state index in [-0.39, 0.29) is 11.8 Å². The fourth-order valence-electron chi connectivity index (χ4n) is 3.03. The van der Waals surface area contributed by atoms with Crippen LogP contribution in [0.15, 0.2) is 24.3 Å². The van der Waals surface area contributed by atoms with Crippen LogP contribution in [0, 0.1) is 6.92 Å². The molecule has 126 valence electrons. The Hall–Kier alpha value is -2.14. The highest BCUT2D eigenvalue weighted by molar-refractivity contribution is 7.17. The first-order valence-corrected chi connectivity index (χ1v) is 9.22. The number of carbonyl (C=O) groups is 2. The number of amides is 2. The van der Waals surface area contributed by atoms with Crippen LogP contribution in [-0.2, 0) is 17.6 Å². The van der Waals surface area contributed by atoms with Gasteiger partial charge in [0.1, 0.15) is 5.00 Å². The zero-order valence-corrected chi connectivity index (χ0v) is 14.9. The molecule has 2 N–H and O–H groups in total. The molecule has 0 unspecified atom stereocenters. The highest BCUT2D eigenvalue weighted by atomic mass is 32.1. The lowest BCUT2D eigenvalue weighted by molar-refractivity contribution is -0.115. The van der Waals surface area contributed by atoms with Gasteiger partial charge in [-0.15, -0.1) is 11.3 Å². The van der Waals surface area contributed by atoms with Crippen LogP contribution in [0.3, 0.4) is 0 Å². The van der Waals surface area contributed by atoms with Crippen molar-refractivity contribution in [3.63, 3.8) is 0 Å². The van der Waals surface area contributed by atoms with Gasteiger partial charge in [-0.2, -0.15) is 0 Å². The number of rotatable bonds is 4. The van der Waals surface area contributed by atoms with E-state index in [1.807, 2.05) is 38.1 Å². The molecule has 1 aromatic heterocycles. The molecule has 2 aromatic rings. The van der Waals surface area contributed by atoms with Crippen LogP contribution in [0.25, 0.3) is 0 Å². The molecule has 5 heteroatoms. The highest BCUT2D eigenvalue weighted by Gasteiger charge is 2.26. The van der Waals surface area contributed by atoms with Crippen LogP contribution >= 0.6 is 11.3 Å². The molecule has 0 bridgehead atoms. The Morgan fingerprint density at radius 2 is 1.96 bits per heavy atom. The van der Waals surface area contributed by atoms with E-state index < -0.39 is 0 Å². The van der Waals surface area contributed by atoms with E-state index in [2.05, 4.69) is 10.6 Å². The number of nitrogens with one attached hydrogen (secondary N) is 2. The Balaban J connectivity index is 1.93. The van der Waals surface area contributed by atoms with Crippen molar-refractivity contribution in [2.45, 2.75) is 46.0 Å². The molecular formula is C19H22N2O2S. The molecule has 0 fully saturated rings. The molecule has 2 amide bonds. The second-order valence-electron chi connectivity index (χ2n) is 6.14. The van der Waals surface area contributed by atoms with Crippen molar-refractivity contribution in [3.8, 4) is 0 Å². The molecule has 0 spiro atoms. The molecule has 24 heavy (non-hydrogen) atoms. The normalized spacial score (nSPS) is 13.2. The number of benzene rings is 1. The van der Waals surface area contributed by atoms with Gasteiger partial charge in [-0.1, -0.05) is 19.1 Å². The second kappa shape index (κ2) is 7.18. The van der Waals surface area contributed by atoms with E-state index in [4.69, 9.17) is 0 Å². The van der Waals surface area contributed by atoms with Crippen LogP contribution in [0.4, 0.5) is 10.7 Å². The maximum atomic E-state index is 12.9. The van der Waals surface area contributed by atoms with Crippen molar-refractivity contribution in [1.82, 2.24) is 0 Å². The van der Waals surface area contributed by atoms with E-state index in [9.17, 15) is 9.59 Å². The van der Waals surface area contributed by atoms with E-state index >= 15 is 0 Å². The van der Waals surface area contributed by atoms with Gasteiger partial charge in [0.05, 0.1) is 5.56 Å². The summed E-state index contributed by atoms with van der Waals surface area (Å²) in [5, 5.41) is 6.59. The first-order chi connectivity index (χ1) is 11.6. The van der Waals surface area contributed by atoms with Crippen LogP contribution in [-0.4, -0.2) is 11.8 Å². The van der Waals surface area contributed by atoms with Gasteiger partial charge in [0.15, 0.2) is 0 Å². The number of thiophene rings is 1. The zero-order valence-electron chi connectivity index (χ0n) is 14.1. The molecule has 1 aromatic carbocycles. The summed E-state index contributed by atoms with van der Waals surface area (Å²) in [7, 11) is 0. The molecule has 0 aliphatic heterocycles. The number of anilines is 2. The summed E-state index contributed by atoms with van der Waals surface area (Å²) in [6.07, 6.45) is 4.54. The summed E-state index contributed by atoms with van der Waals surface area (Å²) in [5.74, 6) is -0.190. The summed E-state index contributed by atoms with van der Waals surface area (Å²) in [6, 6.07) is 7.75. The second-order valence-corrected chi connectivity index (χ2v) is 7.25. The number of carbonyl (C=O) groups excluding carboxylic acids is 2. The van der Waals surface area contributed by atoms with Gasteiger partial charge >= 0.3 is 0 Å². The largest absolute Gasteiger partial charge is 0.322 e. The Bertz CT molecular complexity index is 780. The standard InChI is InChI=1S/C19H22N2O2S/c1-3-16(22)21-19-17(14-9-4-5-10-15(14)24-19)18(23)20-13-8-6-7-12(2)11-13/h6-8,11H,3-5,9-10H2,1-2H3,(H,20,23)(H,21,22). The van der Waals surface area contributed by atoms with Crippen molar-refractivity contribution >= 4 is 33.8 Å². The summed E-state index contributed by atoms with van der Waals surface area (Å²) in [4.78, 5) is 26.0. The summed E-state index contributed by atoms with van der Waals surface area (Å²) < 4.78 is 0. The van der Waals surface area contributed by atoms with Crippen molar-refractivity contribution in [1.29, 1.82) is 0 Å². The third-order valence-corrected chi connectivity index (χ3v) is 5.46. The lowest BCUT2D eigenvalue weighted by atomic mass is 9.95. The van der Waals surface area contributed by atoms with Gasteiger partial charge in [0.25, 0.3) is 5.91 Å². The van der Waals surface area contributed by atoms with E-state index in [1.165, 1.54) is 4.88 Å². The molecule has 1 aliphatic rings. The average Bonchev–Trinajstić information content (AvgIpc) is 2.92. The molecular weight excluding hydrogens is 320 g/mol. The quantitative estimate of drug-likeness (QED) is 0.857. The Labute approximate surface area is 146 Å². The number of fused-ring (bicyclic) bond motifs is 1. The van der Waals surface area contributed by atoms with E-state index in [0.717, 1.165) is 42.5 Å². The van der Waals surface area contributed by atoms with Crippen molar-refractivity contribution in [3.05, 3.63) is 45.8 Å². The predicted molar refractivity (Wildman–Crippen MR) is 99.0 cm³/mol. The van der Waals surface area contributed by atoms with Crippen LogP contribution in [0.2, 0.25) is 0 Å². The topological polar surface area (TPSA) is 58.2 Å². The number of aryl methyl sites for hydroxylation is 2. The molecule has 0 saturated carbocycles. The smallest absolute Gasteiger partial charge is 0.258 e. The Morgan fingerprint density at radius 1 is 1.17 bits per heavy atom. The van der Waals surface area contributed by atoms with Gasteiger partial charge < -0.3 is 10.6 Å². The van der Waals surface area contributed by atoms with Crippen molar-refractivity contribution in [2.75, 3.05) is 10.6 Å². The monoisotopic (exact) mass is 342 g/mol. The van der Waals surface area contributed by atoms with Gasteiger partial charge in [-0.05, 0) is 55.9 Å². The third-order valence-electron chi connectivity index (χ3n) is 4.25. The van der Waals surface area contributed by atoms with Crippen LogP contribution in [0.1, 0.15) is 52.5 Å². The van der Waals surface area contributed by atoms with Crippen LogP contribution in [0.5, 0.6) is 0 Å².